The first-order valence-corrected chi connectivity index (χ1v) is 6.53. The van der Waals surface area contributed by atoms with Gasteiger partial charge in [-0.25, -0.2) is 0 Å². The molecule has 0 aliphatic rings. The van der Waals surface area contributed by atoms with E-state index in [1.807, 2.05) is 12.1 Å². The minimum Gasteiger partial charge on any atom is -0.394 e. The quantitative estimate of drug-likeness (QED) is 0.762. The number of pyridine rings is 1. The molecule has 2 aromatic rings. The Labute approximate surface area is 117 Å². The highest BCUT2D eigenvalue weighted by atomic mass is 16.3. The zero-order chi connectivity index (χ0) is 14.6. The van der Waals surface area contributed by atoms with Crippen LogP contribution in [0.15, 0.2) is 36.5 Å². The van der Waals surface area contributed by atoms with Gasteiger partial charge in [0.2, 0.25) is 0 Å². The fraction of sp³-hybridized carbons (Fsp3) is 0.333. The Balaban J connectivity index is 2.27. The largest absolute Gasteiger partial charge is 0.394 e. The van der Waals surface area contributed by atoms with Crippen molar-refractivity contribution in [3.05, 3.63) is 42.1 Å². The van der Waals surface area contributed by atoms with Crippen LogP contribution in [0.5, 0.6) is 0 Å². The molecule has 5 nitrogen and oxygen atoms in total. The van der Waals surface area contributed by atoms with Gasteiger partial charge in [0.1, 0.15) is 0 Å². The number of aliphatic hydroxyl groups is 2. The summed E-state index contributed by atoms with van der Waals surface area (Å²) in [6, 6.07) is 8.88. The van der Waals surface area contributed by atoms with Crippen molar-refractivity contribution in [1.82, 2.24) is 10.3 Å². The Kier molecular flexibility index (Phi) is 4.32. The van der Waals surface area contributed by atoms with Crippen LogP contribution in [-0.2, 0) is 0 Å². The van der Waals surface area contributed by atoms with Gasteiger partial charge in [-0.2, -0.15) is 0 Å². The molecule has 0 saturated carbocycles. The van der Waals surface area contributed by atoms with E-state index in [9.17, 15) is 15.0 Å². The number of amides is 1. The molecule has 0 aliphatic heterocycles. The highest BCUT2D eigenvalue weighted by Gasteiger charge is 2.28. The molecular formula is C15H18N2O3. The minimum atomic E-state index is -0.985. The Bertz CT molecular complexity index is 601. The second-order valence-corrected chi connectivity index (χ2v) is 4.82. The van der Waals surface area contributed by atoms with Crippen LogP contribution in [0.25, 0.3) is 10.9 Å². The van der Waals surface area contributed by atoms with Gasteiger partial charge >= 0.3 is 0 Å². The summed E-state index contributed by atoms with van der Waals surface area (Å²) in [5, 5.41) is 22.3. The second-order valence-electron chi connectivity index (χ2n) is 4.82. The van der Waals surface area contributed by atoms with E-state index >= 15 is 0 Å². The number of benzene rings is 1. The molecule has 5 heteroatoms. The number of nitrogens with one attached hydrogen (secondary N) is 1. The molecule has 0 radical (unpaired) electrons. The average molecular weight is 274 g/mol. The Morgan fingerprint density at radius 2 is 2.05 bits per heavy atom. The number of hydrogen-bond acceptors (Lipinski definition) is 4. The molecule has 1 aromatic carbocycles. The van der Waals surface area contributed by atoms with Crippen molar-refractivity contribution >= 4 is 16.8 Å². The number of carbonyl (C=O) groups is 1. The molecule has 0 unspecified atom stereocenters. The Morgan fingerprint density at radius 1 is 1.30 bits per heavy atom. The van der Waals surface area contributed by atoms with Gasteiger partial charge in [0.05, 0.1) is 24.3 Å². The van der Waals surface area contributed by atoms with E-state index in [0.717, 1.165) is 10.9 Å². The van der Waals surface area contributed by atoms with E-state index in [1.165, 1.54) is 0 Å². The number of rotatable bonds is 5. The molecule has 2 rings (SSSR count). The lowest BCUT2D eigenvalue weighted by molar-refractivity contribution is 0.0653. The van der Waals surface area contributed by atoms with Crippen molar-refractivity contribution in [1.29, 1.82) is 0 Å². The third-order valence-corrected chi connectivity index (χ3v) is 3.53. The van der Waals surface area contributed by atoms with Crippen molar-refractivity contribution in [2.45, 2.75) is 18.9 Å². The SMILES string of the molecule is CCC(CO)(CO)NC(=O)c1ccc2ncccc2c1. The monoisotopic (exact) mass is 274 g/mol. The zero-order valence-electron chi connectivity index (χ0n) is 11.3. The summed E-state index contributed by atoms with van der Waals surface area (Å²) in [5.74, 6) is -0.319. The fourth-order valence-corrected chi connectivity index (χ4v) is 1.97. The molecule has 1 heterocycles. The zero-order valence-corrected chi connectivity index (χ0v) is 11.3. The van der Waals surface area contributed by atoms with Crippen LogP contribution in [-0.4, -0.2) is 39.9 Å². The third-order valence-electron chi connectivity index (χ3n) is 3.53. The highest BCUT2D eigenvalue weighted by Crippen LogP contribution is 2.15. The van der Waals surface area contributed by atoms with Crippen molar-refractivity contribution in [3.8, 4) is 0 Å². The van der Waals surface area contributed by atoms with Gasteiger partial charge in [0, 0.05) is 17.1 Å². The van der Waals surface area contributed by atoms with Crippen LogP contribution < -0.4 is 5.32 Å². The molecule has 3 N–H and O–H groups in total. The topological polar surface area (TPSA) is 82.5 Å². The number of aliphatic hydroxyl groups excluding tert-OH is 2. The Hall–Kier alpha value is -1.98. The summed E-state index contributed by atoms with van der Waals surface area (Å²) >= 11 is 0. The van der Waals surface area contributed by atoms with Crippen LogP contribution in [0.4, 0.5) is 0 Å². The number of fused-ring (bicyclic) bond motifs is 1. The molecule has 20 heavy (non-hydrogen) atoms. The van der Waals surface area contributed by atoms with Crippen molar-refractivity contribution in [2.75, 3.05) is 13.2 Å². The highest BCUT2D eigenvalue weighted by molar-refractivity contribution is 5.98. The summed E-state index contributed by atoms with van der Waals surface area (Å²) in [5.41, 5.74) is 0.307. The van der Waals surface area contributed by atoms with Crippen molar-refractivity contribution in [3.63, 3.8) is 0 Å². The maximum atomic E-state index is 12.2. The minimum absolute atomic E-state index is 0.305. The van der Waals surface area contributed by atoms with Gasteiger partial charge in [-0.05, 0) is 30.7 Å². The molecule has 1 amide bonds. The van der Waals surface area contributed by atoms with Crippen LogP contribution in [0.1, 0.15) is 23.7 Å². The molecule has 0 fully saturated rings. The smallest absolute Gasteiger partial charge is 0.251 e. The normalized spacial score (nSPS) is 11.6. The predicted octanol–water partition coefficient (Wildman–Crippen LogP) is 1.10. The molecule has 0 bridgehead atoms. The lowest BCUT2D eigenvalue weighted by Crippen LogP contribution is -2.53. The van der Waals surface area contributed by atoms with Crippen LogP contribution in [0.3, 0.4) is 0 Å². The van der Waals surface area contributed by atoms with E-state index in [0.29, 0.717) is 12.0 Å². The summed E-state index contributed by atoms with van der Waals surface area (Å²) < 4.78 is 0. The van der Waals surface area contributed by atoms with Gasteiger partial charge in [-0.3, -0.25) is 9.78 Å². The summed E-state index contributed by atoms with van der Waals surface area (Å²) in [7, 11) is 0. The van der Waals surface area contributed by atoms with E-state index < -0.39 is 5.54 Å². The lowest BCUT2D eigenvalue weighted by Gasteiger charge is -2.29. The van der Waals surface area contributed by atoms with E-state index in [4.69, 9.17) is 0 Å². The Morgan fingerprint density at radius 3 is 2.70 bits per heavy atom. The molecule has 0 atom stereocenters. The molecule has 106 valence electrons. The second kappa shape index (κ2) is 5.98. The maximum absolute atomic E-state index is 12.2. The number of nitrogens with zero attached hydrogens (tertiary/aromatic N) is 1. The summed E-state index contributed by atoms with van der Waals surface area (Å²) in [4.78, 5) is 16.4. The summed E-state index contributed by atoms with van der Waals surface area (Å²) in [6.07, 6.45) is 2.14. The first-order valence-electron chi connectivity index (χ1n) is 6.53. The predicted molar refractivity (Wildman–Crippen MR) is 76.4 cm³/mol. The first kappa shape index (κ1) is 14.4. The average Bonchev–Trinajstić information content (AvgIpc) is 2.52. The van der Waals surface area contributed by atoms with Crippen molar-refractivity contribution in [2.24, 2.45) is 0 Å². The molecule has 0 saturated heterocycles. The van der Waals surface area contributed by atoms with Gasteiger partial charge in [-0.15, -0.1) is 0 Å². The number of hydrogen-bond donors (Lipinski definition) is 3. The molecule has 0 aliphatic carbocycles. The lowest BCUT2D eigenvalue weighted by atomic mass is 9.97. The first-order chi connectivity index (χ1) is 9.64. The van der Waals surface area contributed by atoms with Gasteiger partial charge in [-0.1, -0.05) is 13.0 Å². The number of aromatic nitrogens is 1. The van der Waals surface area contributed by atoms with Gasteiger partial charge < -0.3 is 15.5 Å². The van der Waals surface area contributed by atoms with E-state index in [-0.39, 0.29) is 19.1 Å². The standard InChI is InChI=1S/C15H18N2O3/c1-2-15(9-18,10-19)17-14(20)12-5-6-13-11(8-12)4-3-7-16-13/h3-8,18-19H,2,9-10H2,1H3,(H,17,20). The summed E-state index contributed by atoms with van der Waals surface area (Å²) in [6.45, 7) is 1.19. The third kappa shape index (κ3) is 2.79. The van der Waals surface area contributed by atoms with Crippen LogP contribution in [0, 0.1) is 0 Å². The number of carbonyl (C=O) groups excluding carboxylic acids is 1. The molecule has 1 aromatic heterocycles. The van der Waals surface area contributed by atoms with Gasteiger partial charge in [0.25, 0.3) is 5.91 Å². The van der Waals surface area contributed by atoms with Gasteiger partial charge in [0.15, 0.2) is 0 Å². The fourth-order valence-electron chi connectivity index (χ4n) is 1.97. The van der Waals surface area contributed by atoms with Crippen LogP contribution in [0.2, 0.25) is 0 Å². The van der Waals surface area contributed by atoms with Crippen molar-refractivity contribution < 1.29 is 15.0 Å². The van der Waals surface area contributed by atoms with E-state index in [1.54, 1.807) is 31.3 Å². The maximum Gasteiger partial charge on any atom is 0.251 e. The molecule has 0 spiro atoms. The molecular weight excluding hydrogens is 256 g/mol. The van der Waals surface area contributed by atoms with Crippen LogP contribution >= 0.6 is 0 Å². The van der Waals surface area contributed by atoms with E-state index in [2.05, 4.69) is 10.3 Å².